The lowest BCUT2D eigenvalue weighted by Crippen LogP contribution is -2.05. The van der Waals surface area contributed by atoms with Crippen molar-refractivity contribution in [2.24, 2.45) is 5.73 Å². The third kappa shape index (κ3) is 3.85. The fourth-order valence-electron chi connectivity index (χ4n) is 1.65. The van der Waals surface area contributed by atoms with Gasteiger partial charge in [0.25, 0.3) is 0 Å². The van der Waals surface area contributed by atoms with Crippen molar-refractivity contribution in [3.63, 3.8) is 0 Å². The van der Waals surface area contributed by atoms with Crippen molar-refractivity contribution in [3.05, 3.63) is 42.7 Å². The maximum atomic E-state index is 5.61. The average Bonchev–Trinajstić information content (AvgIpc) is 2.90. The van der Waals surface area contributed by atoms with Gasteiger partial charge < -0.3 is 15.0 Å². The van der Waals surface area contributed by atoms with Crippen LogP contribution >= 0.6 is 0 Å². The van der Waals surface area contributed by atoms with Gasteiger partial charge in [0.1, 0.15) is 5.75 Å². The maximum absolute atomic E-state index is 5.61. The Labute approximate surface area is 107 Å². The molecule has 2 N–H and O–H groups in total. The average molecular weight is 246 g/mol. The molecule has 0 radical (unpaired) electrons. The van der Waals surface area contributed by atoms with Crippen molar-refractivity contribution in [1.82, 2.24) is 14.5 Å². The zero-order chi connectivity index (χ0) is 12.6. The Kier molecular flexibility index (Phi) is 4.72. The third-order valence-electron chi connectivity index (χ3n) is 2.59. The molecule has 0 aliphatic rings. The fraction of sp³-hybridized carbons (Fsp3) is 0.385. The van der Waals surface area contributed by atoms with Gasteiger partial charge in [0.2, 0.25) is 0 Å². The number of aryl methyl sites for hydroxylation is 1. The quantitative estimate of drug-likeness (QED) is 0.747. The van der Waals surface area contributed by atoms with E-state index in [9.17, 15) is 0 Å². The first-order chi connectivity index (χ1) is 8.88. The Bertz CT molecular complexity index is 439. The molecule has 2 rings (SSSR count). The summed E-state index contributed by atoms with van der Waals surface area (Å²) in [6.07, 6.45) is 9.04. The molecule has 0 spiro atoms. The van der Waals surface area contributed by atoms with Crippen molar-refractivity contribution in [2.75, 3.05) is 13.2 Å². The number of hydrogen-bond acceptors (Lipinski definition) is 4. The molecule has 5 heteroatoms. The second kappa shape index (κ2) is 6.76. The van der Waals surface area contributed by atoms with E-state index in [1.165, 1.54) is 0 Å². The van der Waals surface area contributed by atoms with Gasteiger partial charge in [-0.15, -0.1) is 0 Å². The zero-order valence-corrected chi connectivity index (χ0v) is 10.3. The first-order valence-electron chi connectivity index (χ1n) is 6.12. The highest BCUT2D eigenvalue weighted by atomic mass is 16.5. The Morgan fingerprint density at radius 3 is 2.94 bits per heavy atom. The van der Waals surface area contributed by atoms with Crippen LogP contribution in [0.5, 0.6) is 5.75 Å². The molecular weight excluding hydrogens is 228 g/mol. The van der Waals surface area contributed by atoms with E-state index >= 15 is 0 Å². The van der Waals surface area contributed by atoms with Crippen LogP contribution in [-0.2, 0) is 13.0 Å². The van der Waals surface area contributed by atoms with Gasteiger partial charge in [-0.3, -0.25) is 4.98 Å². The van der Waals surface area contributed by atoms with Crippen molar-refractivity contribution in [1.29, 1.82) is 0 Å². The molecular formula is C13H18N4O. The number of nitrogens with zero attached hydrogens (tertiary/aromatic N) is 3. The Balaban J connectivity index is 1.69. The molecule has 96 valence electrons. The Hall–Kier alpha value is -1.88. The van der Waals surface area contributed by atoms with Gasteiger partial charge in [-0.05, 0) is 25.1 Å². The van der Waals surface area contributed by atoms with E-state index in [1.54, 1.807) is 12.4 Å². The lowest BCUT2D eigenvalue weighted by Gasteiger charge is -2.06. The summed E-state index contributed by atoms with van der Waals surface area (Å²) in [4.78, 5) is 8.27. The number of aromatic nitrogens is 3. The lowest BCUT2D eigenvalue weighted by atomic mass is 10.3. The minimum Gasteiger partial charge on any atom is -0.492 e. The van der Waals surface area contributed by atoms with Crippen LogP contribution in [0, 0.1) is 0 Å². The standard InChI is InChI=1S/C13H18N4O/c14-5-4-12-2-3-13(10-16-12)18-9-1-7-17-8-6-15-11-17/h2-3,6,8,10-11H,1,4-5,7,9,14H2. The van der Waals surface area contributed by atoms with Crippen molar-refractivity contribution >= 4 is 0 Å². The number of nitrogens with two attached hydrogens (primary N) is 1. The molecule has 0 amide bonds. The van der Waals surface area contributed by atoms with Crippen LogP contribution in [-0.4, -0.2) is 27.7 Å². The Morgan fingerprint density at radius 1 is 1.33 bits per heavy atom. The van der Waals surface area contributed by atoms with Gasteiger partial charge in [0.15, 0.2) is 0 Å². The van der Waals surface area contributed by atoms with Gasteiger partial charge in [0, 0.05) is 31.1 Å². The van der Waals surface area contributed by atoms with Crippen molar-refractivity contribution < 1.29 is 4.74 Å². The van der Waals surface area contributed by atoms with Crippen LogP contribution in [0.3, 0.4) is 0 Å². The number of rotatable bonds is 7. The van der Waals surface area contributed by atoms with Crippen LogP contribution in [0.25, 0.3) is 0 Å². The lowest BCUT2D eigenvalue weighted by molar-refractivity contribution is 0.300. The first-order valence-corrected chi connectivity index (χ1v) is 6.12. The van der Waals surface area contributed by atoms with Crippen molar-refractivity contribution in [2.45, 2.75) is 19.4 Å². The topological polar surface area (TPSA) is 66.0 Å². The van der Waals surface area contributed by atoms with E-state index < -0.39 is 0 Å². The van der Waals surface area contributed by atoms with E-state index in [4.69, 9.17) is 10.5 Å². The molecule has 0 aromatic carbocycles. The highest BCUT2D eigenvalue weighted by molar-refractivity contribution is 5.19. The minimum atomic E-state index is 0.623. The number of hydrogen-bond donors (Lipinski definition) is 1. The maximum Gasteiger partial charge on any atom is 0.137 e. The summed E-state index contributed by atoms with van der Waals surface area (Å²) in [7, 11) is 0. The monoisotopic (exact) mass is 246 g/mol. The smallest absolute Gasteiger partial charge is 0.137 e. The van der Waals surface area contributed by atoms with Crippen LogP contribution in [0.15, 0.2) is 37.1 Å². The molecule has 0 bridgehead atoms. The predicted octanol–water partition coefficient (Wildman–Crippen LogP) is 1.25. The van der Waals surface area contributed by atoms with Crippen LogP contribution in [0.4, 0.5) is 0 Å². The van der Waals surface area contributed by atoms with Crippen LogP contribution < -0.4 is 10.5 Å². The largest absolute Gasteiger partial charge is 0.492 e. The van der Waals surface area contributed by atoms with Crippen LogP contribution in [0.1, 0.15) is 12.1 Å². The molecule has 0 saturated carbocycles. The summed E-state index contributed by atoms with van der Waals surface area (Å²) in [5, 5.41) is 0. The molecule has 2 aromatic heterocycles. The van der Waals surface area contributed by atoms with Gasteiger partial charge >= 0.3 is 0 Å². The summed E-state index contributed by atoms with van der Waals surface area (Å²) in [6, 6.07) is 3.90. The highest BCUT2D eigenvalue weighted by Gasteiger charge is 1.97. The molecule has 0 fully saturated rings. The van der Waals surface area contributed by atoms with E-state index in [2.05, 4.69) is 9.97 Å². The molecule has 0 aliphatic heterocycles. The summed E-state index contributed by atoms with van der Waals surface area (Å²) in [5.41, 5.74) is 6.47. The molecule has 0 aliphatic carbocycles. The second-order valence-corrected chi connectivity index (χ2v) is 4.03. The molecule has 0 unspecified atom stereocenters. The first kappa shape index (κ1) is 12.6. The highest BCUT2D eigenvalue weighted by Crippen LogP contribution is 2.09. The molecule has 0 atom stereocenters. The Morgan fingerprint density at radius 2 is 2.28 bits per heavy atom. The fourth-order valence-corrected chi connectivity index (χ4v) is 1.65. The van der Waals surface area contributed by atoms with Crippen molar-refractivity contribution in [3.8, 4) is 5.75 Å². The van der Waals surface area contributed by atoms with Gasteiger partial charge in [0.05, 0.1) is 19.1 Å². The van der Waals surface area contributed by atoms with Gasteiger partial charge in [-0.25, -0.2) is 4.98 Å². The van der Waals surface area contributed by atoms with E-state index in [-0.39, 0.29) is 0 Å². The summed E-state index contributed by atoms with van der Waals surface area (Å²) in [5.74, 6) is 0.807. The number of ether oxygens (including phenoxy) is 1. The summed E-state index contributed by atoms with van der Waals surface area (Å²) >= 11 is 0. The molecule has 5 nitrogen and oxygen atoms in total. The van der Waals surface area contributed by atoms with E-state index in [0.717, 1.165) is 30.8 Å². The summed E-state index contributed by atoms with van der Waals surface area (Å²) < 4.78 is 7.64. The third-order valence-corrected chi connectivity index (χ3v) is 2.59. The number of pyridine rings is 1. The molecule has 2 aromatic rings. The van der Waals surface area contributed by atoms with Gasteiger partial charge in [-0.1, -0.05) is 0 Å². The number of imidazole rings is 1. The minimum absolute atomic E-state index is 0.623. The normalized spacial score (nSPS) is 10.5. The zero-order valence-electron chi connectivity index (χ0n) is 10.3. The van der Waals surface area contributed by atoms with E-state index in [1.807, 2.05) is 29.2 Å². The molecule has 18 heavy (non-hydrogen) atoms. The SMILES string of the molecule is NCCc1ccc(OCCCn2ccnc2)cn1. The predicted molar refractivity (Wildman–Crippen MR) is 69.3 cm³/mol. The van der Waals surface area contributed by atoms with E-state index in [0.29, 0.717) is 13.2 Å². The second-order valence-electron chi connectivity index (χ2n) is 4.03. The van der Waals surface area contributed by atoms with Gasteiger partial charge in [-0.2, -0.15) is 0 Å². The van der Waals surface area contributed by atoms with Crippen LogP contribution in [0.2, 0.25) is 0 Å². The molecule has 0 saturated heterocycles. The molecule has 2 heterocycles. The summed E-state index contributed by atoms with van der Waals surface area (Å²) in [6.45, 7) is 2.22.